The molecule has 2 N–H and O–H groups in total. The van der Waals surface area contributed by atoms with Crippen LogP contribution in [-0.4, -0.2) is 38.1 Å². The number of guanidine groups is 1. The van der Waals surface area contributed by atoms with Gasteiger partial charge in [-0.15, -0.1) is 24.0 Å². The van der Waals surface area contributed by atoms with Crippen molar-refractivity contribution in [3.8, 4) is 0 Å². The summed E-state index contributed by atoms with van der Waals surface area (Å²) in [5.41, 5.74) is 0.373. The van der Waals surface area contributed by atoms with Crippen molar-refractivity contribution in [2.24, 2.45) is 4.99 Å². The zero-order valence-electron chi connectivity index (χ0n) is 13.0. The molecule has 0 heterocycles. The first kappa shape index (κ1) is 21.4. The Labute approximate surface area is 152 Å². The van der Waals surface area contributed by atoms with E-state index >= 15 is 0 Å². The van der Waals surface area contributed by atoms with Gasteiger partial charge < -0.3 is 10.6 Å². The second kappa shape index (κ2) is 12.9. The molecule has 7 heteroatoms. The number of hydrogen-bond donors (Lipinski definition) is 2. The molecule has 22 heavy (non-hydrogen) atoms. The normalized spacial score (nSPS) is 11.0. The smallest absolute Gasteiger partial charge is 0.190 e. The van der Waals surface area contributed by atoms with E-state index < -0.39 is 11.6 Å². The number of rotatable bonds is 8. The number of nitrogens with one attached hydrogen (secondary N) is 2. The van der Waals surface area contributed by atoms with Gasteiger partial charge in [-0.1, -0.05) is 12.1 Å². The average Bonchev–Trinajstić information content (AvgIpc) is 2.49. The fourth-order valence-corrected chi connectivity index (χ4v) is 2.35. The Hall–Kier alpha value is -0.570. The summed E-state index contributed by atoms with van der Waals surface area (Å²) in [6, 6.07) is 4.24. The van der Waals surface area contributed by atoms with Crippen molar-refractivity contribution >= 4 is 41.7 Å². The first-order valence-corrected chi connectivity index (χ1v) is 8.44. The largest absolute Gasteiger partial charge is 0.356 e. The highest BCUT2D eigenvalue weighted by molar-refractivity contribution is 14.0. The summed E-state index contributed by atoms with van der Waals surface area (Å²) in [7, 11) is 1.69. The highest BCUT2D eigenvalue weighted by Gasteiger charge is 2.07. The molecule has 0 amide bonds. The number of nitrogens with zero attached hydrogens (tertiary/aromatic N) is 1. The van der Waals surface area contributed by atoms with Gasteiger partial charge in [0, 0.05) is 20.1 Å². The van der Waals surface area contributed by atoms with Gasteiger partial charge in [-0.25, -0.2) is 8.78 Å². The molecule has 0 unspecified atom stereocenters. The molecule has 0 spiro atoms. The first-order valence-electron chi connectivity index (χ1n) is 7.05. The maximum Gasteiger partial charge on any atom is 0.190 e. The van der Waals surface area contributed by atoms with E-state index in [2.05, 4.69) is 21.9 Å². The van der Waals surface area contributed by atoms with Crippen LogP contribution in [-0.2, 0) is 6.42 Å². The van der Waals surface area contributed by atoms with Crippen LogP contribution in [0.2, 0.25) is 0 Å². The van der Waals surface area contributed by atoms with Crippen LogP contribution < -0.4 is 10.6 Å². The van der Waals surface area contributed by atoms with Gasteiger partial charge in [0.15, 0.2) is 17.6 Å². The molecular formula is C15H24F2IN3S. The summed E-state index contributed by atoms with van der Waals surface area (Å²) < 4.78 is 26.5. The Morgan fingerprint density at radius 1 is 1.18 bits per heavy atom. The predicted octanol–water partition coefficient (Wildman–Crippen LogP) is 3.43. The molecule has 0 aliphatic heterocycles. The second-order valence-corrected chi connectivity index (χ2v) is 5.57. The Kier molecular flexibility index (Phi) is 12.6. The topological polar surface area (TPSA) is 36.4 Å². The van der Waals surface area contributed by atoms with E-state index in [1.54, 1.807) is 13.1 Å². The van der Waals surface area contributed by atoms with Crippen LogP contribution >= 0.6 is 35.7 Å². The van der Waals surface area contributed by atoms with Crippen molar-refractivity contribution in [3.05, 3.63) is 35.4 Å². The third-order valence-electron chi connectivity index (χ3n) is 3.01. The van der Waals surface area contributed by atoms with E-state index in [1.807, 2.05) is 11.8 Å². The van der Waals surface area contributed by atoms with Crippen molar-refractivity contribution in [1.29, 1.82) is 0 Å². The molecule has 0 radical (unpaired) electrons. The van der Waals surface area contributed by atoms with Crippen molar-refractivity contribution in [3.63, 3.8) is 0 Å². The van der Waals surface area contributed by atoms with Gasteiger partial charge in [0.05, 0.1) is 0 Å². The Balaban J connectivity index is 0.00000441. The van der Waals surface area contributed by atoms with Crippen molar-refractivity contribution in [2.75, 3.05) is 32.1 Å². The summed E-state index contributed by atoms with van der Waals surface area (Å²) in [6.45, 7) is 1.36. The van der Waals surface area contributed by atoms with Crippen molar-refractivity contribution in [2.45, 2.75) is 19.3 Å². The van der Waals surface area contributed by atoms with Crippen LogP contribution in [0.1, 0.15) is 18.4 Å². The number of benzene rings is 1. The predicted molar refractivity (Wildman–Crippen MR) is 102 cm³/mol. The number of unbranched alkanes of at least 4 members (excludes halogenated alkanes) is 1. The molecule has 0 aliphatic rings. The van der Waals surface area contributed by atoms with Crippen LogP contribution in [0.4, 0.5) is 8.78 Å². The first-order chi connectivity index (χ1) is 10.2. The lowest BCUT2D eigenvalue weighted by atomic mass is 10.1. The molecule has 1 rings (SSSR count). The second-order valence-electron chi connectivity index (χ2n) is 4.59. The van der Waals surface area contributed by atoms with Crippen molar-refractivity contribution < 1.29 is 8.78 Å². The van der Waals surface area contributed by atoms with Gasteiger partial charge in [-0.05, 0) is 42.9 Å². The van der Waals surface area contributed by atoms with E-state index in [9.17, 15) is 8.78 Å². The van der Waals surface area contributed by atoms with E-state index in [-0.39, 0.29) is 24.0 Å². The summed E-state index contributed by atoms with van der Waals surface area (Å²) >= 11 is 1.84. The Morgan fingerprint density at radius 3 is 2.59 bits per heavy atom. The molecule has 0 bridgehead atoms. The van der Waals surface area contributed by atoms with Gasteiger partial charge in [0.25, 0.3) is 0 Å². The SMILES string of the molecule is CN=C(NCCCCSC)NCCc1cccc(F)c1F.I. The molecule has 1 aromatic carbocycles. The molecule has 0 fully saturated rings. The molecule has 0 aromatic heterocycles. The third-order valence-corrected chi connectivity index (χ3v) is 3.71. The fraction of sp³-hybridized carbons (Fsp3) is 0.533. The Bertz CT molecular complexity index is 458. The van der Waals surface area contributed by atoms with Gasteiger partial charge in [0.2, 0.25) is 0 Å². The van der Waals surface area contributed by atoms with Gasteiger partial charge in [0.1, 0.15) is 0 Å². The van der Waals surface area contributed by atoms with Gasteiger partial charge >= 0.3 is 0 Å². The van der Waals surface area contributed by atoms with E-state index in [4.69, 9.17) is 0 Å². The third kappa shape index (κ3) is 8.17. The van der Waals surface area contributed by atoms with Gasteiger partial charge in [-0.2, -0.15) is 11.8 Å². The summed E-state index contributed by atoms with van der Waals surface area (Å²) in [5, 5.41) is 6.30. The maximum atomic E-state index is 13.5. The highest BCUT2D eigenvalue weighted by atomic mass is 127. The van der Waals surface area contributed by atoms with Crippen LogP contribution in [0, 0.1) is 11.6 Å². The molecule has 0 saturated heterocycles. The monoisotopic (exact) mass is 443 g/mol. The molecule has 126 valence electrons. The molecule has 3 nitrogen and oxygen atoms in total. The van der Waals surface area contributed by atoms with E-state index in [1.165, 1.54) is 12.5 Å². The van der Waals surface area contributed by atoms with Crippen LogP contribution in [0.5, 0.6) is 0 Å². The average molecular weight is 443 g/mol. The Morgan fingerprint density at radius 2 is 1.91 bits per heavy atom. The van der Waals surface area contributed by atoms with Crippen LogP contribution in [0.15, 0.2) is 23.2 Å². The minimum absolute atomic E-state index is 0. The minimum Gasteiger partial charge on any atom is -0.356 e. The lowest BCUT2D eigenvalue weighted by Gasteiger charge is -2.12. The molecule has 0 saturated carbocycles. The molecule has 0 aliphatic carbocycles. The molecule has 0 atom stereocenters. The lowest BCUT2D eigenvalue weighted by Crippen LogP contribution is -2.38. The number of aliphatic imine (C=N–C) groups is 1. The number of thioether (sulfide) groups is 1. The van der Waals surface area contributed by atoms with E-state index in [0.717, 1.165) is 24.8 Å². The van der Waals surface area contributed by atoms with Gasteiger partial charge in [-0.3, -0.25) is 4.99 Å². The van der Waals surface area contributed by atoms with Crippen LogP contribution in [0.3, 0.4) is 0 Å². The molecular weight excluding hydrogens is 419 g/mol. The lowest BCUT2D eigenvalue weighted by molar-refractivity contribution is 0.498. The van der Waals surface area contributed by atoms with Crippen molar-refractivity contribution in [1.82, 2.24) is 10.6 Å². The van der Waals surface area contributed by atoms with E-state index in [0.29, 0.717) is 24.5 Å². The zero-order chi connectivity index (χ0) is 15.5. The summed E-state index contributed by atoms with van der Waals surface area (Å²) in [5.74, 6) is 0.283. The number of halogens is 3. The summed E-state index contributed by atoms with van der Waals surface area (Å²) in [6.07, 6.45) is 4.76. The number of hydrogen-bond acceptors (Lipinski definition) is 2. The zero-order valence-corrected chi connectivity index (χ0v) is 16.1. The highest BCUT2D eigenvalue weighted by Crippen LogP contribution is 2.11. The minimum atomic E-state index is -0.802. The quantitative estimate of drug-likeness (QED) is 0.280. The maximum absolute atomic E-state index is 13.5. The summed E-state index contributed by atoms with van der Waals surface area (Å²) in [4.78, 5) is 4.10. The molecule has 1 aromatic rings. The van der Waals surface area contributed by atoms with Crippen LogP contribution in [0.25, 0.3) is 0 Å². The standard InChI is InChI=1S/C15H23F2N3S.HI/c1-18-15(19-9-3-4-11-21-2)20-10-8-12-6-5-7-13(16)14(12)17;/h5-7H,3-4,8-11H2,1-2H3,(H2,18,19,20);1H. The fourth-order valence-electron chi connectivity index (χ4n) is 1.86.